The maximum atomic E-state index is 13.8. The molecule has 3 aliphatic rings. The van der Waals surface area contributed by atoms with E-state index in [0.717, 1.165) is 30.6 Å². The van der Waals surface area contributed by atoms with Crippen LogP contribution in [-0.2, 0) is 4.79 Å². The average Bonchev–Trinajstić information content (AvgIpc) is 3.74. The molecule has 3 fully saturated rings. The van der Waals surface area contributed by atoms with E-state index in [1.807, 2.05) is 59.6 Å². The highest BCUT2D eigenvalue weighted by Gasteiger charge is 2.38. The lowest BCUT2D eigenvalue weighted by atomic mass is 10.0. The number of aromatic amines is 1. The van der Waals surface area contributed by atoms with Crippen LogP contribution in [0.2, 0.25) is 0 Å². The predicted octanol–water partition coefficient (Wildman–Crippen LogP) is 4.72. The lowest BCUT2D eigenvalue weighted by Gasteiger charge is -2.35. The number of imidazole rings is 1. The van der Waals surface area contributed by atoms with E-state index in [9.17, 15) is 14.4 Å². The van der Waals surface area contributed by atoms with Crippen LogP contribution in [0.3, 0.4) is 0 Å². The van der Waals surface area contributed by atoms with Crippen molar-refractivity contribution < 1.29 is 9.59 Å². The first-order valence-corrected chi connectivity index (χ1v) is 14.3. The molecule has 8 nitrogen and oxygen atoms in total. The molecule has 2 aromatic carbocycles. The largest absolute Gasteiger partial charge is 0.334 e. The quantitative estimate of drug-likeness (QED) is 0.486. The van der Waals surface area contributed by atoms with Crippen LogP contribution < -0.4 is 11.0 Å². The Balaban J connectivity index is 1.09. The Bertz CT molecular complexity index is 1340. The number of carbonyl (C=O) groups excluding carboxylic acids is 2. The van der Waals surface area contributed by atoms with E-state index in [1.54, 1.807) is 9.47 Å². The van der Waals surface area contributed by atoms with Gasteiger partial charge in [-0.2, -0.15) is 0 Å². The summed E-state index contributed by atoms with van der Waals surface area (Å²) in [5.41, 5.74) is 2.83. The number of benzene rings is 2. The highest BCUT2D eigenvalue weighted by molar-refractivity contribution is 5.87. The third-order valence-electron chi connectivity index (χ3n) is 8.54. The highest BCUT2D eigenvalue weighted by atomic mass is 16.2. The van der Waals surface area contributed by atoms with Gasteiger partial charge >= 0.3 is 11.7 Å². The van der Waals surface area contributed by atoms with Gasteiger partial charge in [0, 0.05) is 31.9 Å². The molecule has 204 valence electrons. The van der Waals surface area contributed by atoms with Gasteiger partial charge in [0.15, 0.2) is 0 Å². The van der Waals surface area contributed by atoms with E-state index in [0.29, 0.717) is 38.3 Å². The van der Waals surface area contributed by atoms with Gasteiger partial charge in [0.25, 0.3) is 0 Å². The van der Waals surface area contributed by atoms with Crippen molar-refractivity contribution in [3.8, 4) is 11.3 Å². The predicted molar refractivity (Wildman–Crippen MR) is 150 cm³/mol. The van der Waals surface area contributed by atoms with Crippen LogP contribution in [0.1, 0.15) is 62.6 Å². The molecule has 39 heavy (non-hydrogen) atoms. The number of piperidine rings is 1. The molecule has 0 unspecified atom stereocenters. The molecule has 3 heterocycles. The molecule has 2 aliphatic heterocycles. The van der Waals surface area contributed by atoms with E-state index >= 15 is 0 Å². The van der Waals surface area contributed by atoms with Gasteiger partial charge in [0.1, 0.15) is 6.04 Å². The maximum absolute atomic E-state index is 13.8. The Morgan fingerprint density at radius 1 is 0.872 bits per heavy atom. The summed E-state index contributed by atoms with van der Waals surface area (Å²) in [6, 6.07) is 19.5. The summed E-state index contributed by atoms with van der Waals surface area (Å²) in [4.78, 5) is 46.5. The molecule has 1 aliphatic carbocycles. The standard InChI is InChI=1S/C31H37N5O3/c37-29-26(12-7-13-28(24-10-5-2-6-11-24)36(29)20-22-14-15-22)32-30(38)34-18-16-25(17-19-34)35-21-27(33-31(35)39)23-8-3-1-4-9-23/h1-6,8-11,21-22,25-26,28H,7,12-20H2,(H,32,38)(H,33,39)/t26-,28-/m1/s1. The van der Waals surface area contributed by atoms with Crippen molar-refractivity contribution in [2.24, 2.45) is 5.92 Å². The van der Waals surface area contributed by atoms with Gasteiger partial charge in [-0.15, -0.1) is 0 Å². The van der Waals surface area contributed by atoms with Gasteiger partial charge in [-0.05, 0) is 62.0 Å². The zero-order valence-corrected chi connectivity index (χ0v) is 22.3. The number of H-pyrrole nitrogens is 1. The van der Waals surface area contributed by atoms with Crippen molar-refractivity contribution >= 4 is 11.9 Å². The van der Waals surface area contributed by atoms with Gasteiger partial charge in [0.2, 0.25) is 5.91 Å². The first-order chi connectivity index (χ1) is 19.1. The normalized spacial score (nSPS) is 22.5. The summed E-state index contributed by atoms with van der Waals surface area (Å²) in [5, 5.41) is 3.09. The molecule has 0 bridgehead atoms. The van der Waals surface area contributed by atoms with E-state index in [-0.39, 0.29) is 29.7 Å². The van der Waals surface area contributed by atoms with Crippen molar-refractivity contribution in [1.82, 2.24) is 24.7 Å². The summed E-state index contributed by atoms with van der Waals surface area (Å²) in [6.45, 7) is 1.87. The first kappa shape index (κ1) is 25.5. The van der Waals surface area contributed by atoms with Crippen LogP contribution >= 0.6 is 0 Å². The topological polar surface area (TPSA) is 90.4 Å². The number of urea groups is 1. The van der Waals surface area contributed by atoms with Crippen LogP contribution in [0.4, 0.5) is 4.79 Å². The Kier molecular flexibility index (Phi) is 7.26. The third-order valence-corrected chi connectivity index (χ3v) is 8.54. The Morgan fingerprint density at radius 3 is 2.26 bits per heavy atom. The molecule has 0 spiro atoms. The molecular weight excluding hydrogens is 490 g/mol. The zero-order chi connectivity index (χ0) is 26.8. The van der Waals surface area contributed by atoms with Crippen LogP contribution in [0, 0.1) is 5.92 Å². The number of likely N-dealkylation sites (tertiary alicyclic amines) is 2. The molecule has 2 saturated heterocycles. The summed E-state index contributed by atoms with van der Waals surface area (Å²) < 4.78 is 1.77. The minimum Gasteiger partial charge on any atom is -0.334 e. The van der Waals surface area contributed by atoms with Crippen molar-refractivity contribution in [3.05, 3.63) is 82.9 Å². The second-order valence-corrected chi connectivity index (χ2v) is 11.3. The van der Waals surface area contributed by atoms with Crippen LogP contribution in [0.5, 0.6) is 0 Å². The summed E-state index contributed by atoms with van der Waals surface area (Å²) in [7, 11) is 0. The fourth-order valence-electron chi connectivity index (χ4n) is 6.13. The van der Waals surface area contributed by atoms with Crippen LogP contribution in [0.15, 0.2) is 71.7 Å². The minimum absolute atomic E-state index is 0.0374. The maximum Gasteiger partial charge on any atom is 0.326 e. The lowest BCUT2D eigenvalue weighted by Crippen LogP contribution is -2.53. The second-order valence-electron chi connectivity index (χ2n) is 11.3. The van der Waals surface area contributed by atoms with E-state index in [1.165, 1.54) is 18.4 Å². The Labute approximate surface area is 229 Å². The Hall–Kier alpha value is -3.81. The number of nitrogens with one attached hydrogen (secondary N) is 2. The van der Waals surface area contributed by atoms with E-state index in [2.05, 4.69) is 22.4 Å². The van der Waals surface area contributed by atoms with E-state index < -0.39 is 6.04 Å². The van der Waals surface area contributed by atoms with Crippen molar-refractivity contribution in [2.45, 2.75) is 63.1 Å². The smallest absolute Gasteiger partial charge is 0.326 e. The number of amides is 3. The van der Waals surface area contributed by atoms with Crippen molar-refractivity contribution in [3.63, 3.8) is 0 Å². The molecule has 2 N–H and O–H groups in total. The number of hydrogen-bond acceptors (Lipinski definition) is 3. The van der Waals surface area contributed by atoms with Gasteiger partial charge < -0.3 is 20.1 Å². The first-order valence-electron chi connectivity index (χ1n) is 14.3. The van der Waals surface area contributed by atoms with Gasteiger partial charge in [-0.1, -0.05) is 60.7 Å². The number of carbonyl (C=O) groups is 2. The molecule has 8 heteroatoms. The number of aromatic nitrogens is 2. The lowest BCUT2D eigenvalue weighted by molar-refractivity contribution is -0.135. The molecule has 6 rings (SSSR count). The third kappa shape index (κ3) is 5.65. The van der Waals surface area contributed by atoms with Gasteiger partial charge in [-0.3, -0.25) is 9.36 Å². The van der Waals surface area contributed by atoms with Crippen molar-refractivity contribution in [2.75, 3.05) is 19.6 Å². The number of rotatable bonds is 6. The minimum atomic E-state index is -0.497. The van der Waals surface area contributed by atoms with Crippen LogP contribution in [-0.4, -0.2) is 57.0 Å². The summed E-state index contributed by atoms with van der Waals surface area (Å²) in [5.74, 6) is 0.622. The monoisotopic (exact) mass is 527 g/mol. The molecular formula is C31H37N5O3. The van der Waals surface area contributed by atoms with Gasteiger partial charge in [0.05, 0.1) is 11.7 Å². The fraction of sp³-hybridized carbons (Fsp3) is 0.452. The summed E-state index contributed by atoms with van der Waals surface area (Å²) >= 11 is 0. The highest BCUT2D eigenvalue weighted by Crippen LogP contribution is 2.37. The fourth-order valence-corrected chi connectivity index (χ4v) is 6.13. The summed E-state index contributed by atoms with van der Waals surface area (Å²) in [6.07, 6.45) is 8.09. The molecule has 0 radical (unpaired) electrons. The molecule has 1 aromatic heterocycles. The molecule has 3 amide bonds. The molecule has 3 aromatic rings. The molecule has 1 saturated carbocycles. The average molecular weight is 528 g/mol. The SMILES string of the molecule is O=C(N[C@@H]1CCC[C@H](c2ccccc2)N(CC2CC2)C1=O)N1CCC(n2cc(-c3ccccc3)[nH]c2=O)CC1. The Morgan fingerprint density at radius 2 is 1.56 bits per heavy atom. The zero-order valence-electron chi connectivity index (χ0n) is 22.3. The van der Waals surface area contributed by atoms with Gasteiger partial charge in [-0.25, -0.2) is 9.59 Å². The molecule has 2 atom stereocenters. The number of nitrogens with zero attached hydrogens (tertiary/aromatic N) is 3. The number of hydrogen-bond donors (Lipinski definition) is 2. The second kappa shape index (κ2) is 11.1. The van der Waals surface area contributed by atoms with E-state index in [4.69, 9.17) is 0 Å². The van der Waals surface area contributed by atoms with Crippen LogP contribution in [0.25, 0.3) is 11.3 Å². The van der Waals surface area contributed by atoms with Crippen molar-refractivity contribution in [1.29, 1.82) is 0 Å².